The van der Waals surface area contributed by atoms with Crippen molar-refractivity contribution in [3.63, 3.8) is 0 Å². The standard InChI is InChI=1S/C19H23NO4S2/c1-3-13-24-19(21)16-6-8-17(9-7-16)20-12-14-25-26(22,23)18-10-4-15(2)5-11-18/h4-11,20H,3,12-14H2,1-2H3. The number of aryl methyl sites for hydroxylation is 1. The van der Waals surface area contributed by atoms with Crippen LogP contribution in [-0.2, 0) is 13.6 Å². The largest absolute Gasteiger partial charge is 0.462 e. The molecule has 0 saturated carbocycles. The summed E-state index contributed by atoms with van der Waals surface area (Å²) in [5.74, 6) is 0.0781. The van der Waals surface area contributed by atoms with Gasteiger partial charge in [-0.25, -0.2) is 13.2 Å². The third-order valence-corrected chi connectivity index (χ3v) is 7.08. The second kappa shape index (κ2) is 9.64. The molecule has 7 heteroatoms. The molecule has 0 fully saturated rings. The van der Waals surface area contributed by atoms with Crippen molar-refractivity contribution in [3.8, 4) is 0 Å². The Morgan fingerprint density at radius 3 is 2.35 bits per heavy atom. The van der Waals surface area contributed by atoms with Gasteiger partial charge in [0.05, 0.1) is 17.1 Å². The molecule has 0 aromatic heterocycles. The van der Waals surface area contributed by atoms with Crippen molar-refractivity contribution in [2.24, 2.45) is 0 Å². The summed E-state index contributed by atoms with van der Waals surface area (Å²) in [5, 5.41) is 3.15. The summed E-state index contributed by atoms with van der Waals surface area (Å²) in [6.07, 6.45) is 0.786. The van der Waals surface area contributed by atoms with E-state index in [1.54, 1.807) is 48.5 Å². The first-order valence-electron chi connectivity index (χ1n) is 8.39. The number of carbonyl (C=O) groups excluding carboxylic acids is 1. The molecular weight excluding hydrogens is 370 g/mol. The number of hydrogen-bond acceptors (Lipinski definition) is 6. The Balaban J connectivity index is 1.80. The Kier molecular flexibility index (Phi) is 7.53. The molecule has 0 aliphatic rings. The fourth-order valence-electron chi connectivity index (χ4n) is 2.12. The van der Waals surface area contributed by atoms with Gasteiger partial charge < -0.3 is 10.1 Å². The molecule has 1 N–H and O–H groups in total. The lowest BCUT2D eigenvalue weighted by molar-refractivity contribution is 0.0505. The number of carbonyl (C=O) groups is 1. The van der Waals surface area contributed by atoms with Crippen LogP contribution in [0, 0.1) is 6.92 Å². The summed E-state index contributed by atoms with van der Waals surface area (Å²) >= 11 is 0. The highest BCUT2D eigenvalue weighted by Crippen LogP contribution is 2.23. The van der Waals surface area contributed by atoms with Crippen LogP contribution in [0.1, 0.15) is 29.3 Å². The van der Waals surface area contributed by atoms with Crippen LogP contribution >= 0.6 is 10.8 Å². The van der Waals surface area contributed by atoms with E-state index >= 15 is 0 Å². The van der Waals surface area contributed by atoms with E-state index in [2.05, 4.69) is 5.32 Å². The number of nitrogens with one attached hydrogen (secondary N) is 1. The van der Waals surface area contributed by atoms with E-state index in [4.69, 9.17) is 4.74 Å². The number of benzene rings is 2. The van der Waals surface area contributed by atoms with Crippen LogP contribution in [0.4, 0.5) is 5.69 Å². The third kappa shape index (κ3) is 6.07. The maximum Gasteiger partial charge on any atom is 0.338 e. The average Bonchev–Trinajstić information content (AvgIpc) is 2.64. The summed E-state index contributed by atoms with van der Waals surface area (Å²) in [4.78, 5) is 12.1. The molecule has 0 unspecified atom stereocenters. The van der Waals surface area contributed by atoms with E-state index in [1.165, 1.54) is 0 Å². The Morgan fingerprint density at radius 2 is 1.73 bits per heavy atom. The highest BCUT2D eigenvalue weighted by molar-refractivity contribution is 8.72. The van der Waals surface area contributed by atoms with Crippen LogP contribution in [-0.4, -0.2) is 33.3 Å². The molecule has 2 aromatic rings. The Labute approximate surface area is 158 Å². The van der Waals surface area contributed by atoms with E-state index in [0.29, 0.717) is 29.4 Å². The quantitative estimate of drug-likeness (QED) is 0.393. The Hall–Kier alpha value is -1.99. The third-order valence-electron chi connectivity index (χ3n) is 3.54. The summed E-state index contributed by atoms with van der Waals surface area (Å²) in [6, 6.07) is 13.8. The van der Waals surface area contributed by atoms with Crippen molar-refractivity contribution >= 4 is 31.3 Å². The minimum absolute atomic E-state index is 0.322. The van der Waals surface area contributed by atoms with Gasteiger partial charge in [0.25, 0.3) is 0 Å². The van der Waals surface area contributed by atoms with Crippen LogP contribution < -0.4 is 5.32 Å². The first kappa shape index (κ1) is 20.3. The maximum atomic E-state index is 12.2. The van der Waals surface area contributed by atoms with Gasteiger partial charge in [-0.05, 0) is 60.5 Å². The molecule has 0 amide bonds. The van der Waals surface area contributed by atoms with Gasteiger partial charge in [0.15, 0.2) is 0 Å². The fourth-order valence-corrected chi connectivity index (χ4v) is 4.78. The lowest BCUT2D eigenvalue weighted by atomic mass is 10.2. The molecule has 0 aliphatic heterocycles. The minimum Gasteiger partial charge on any atom is -0.462 e. The molecular formula is C19H23NO4S2. The zero-order chi connectivity index (χ0) is 19.0. The zero-order valence-electron chi connectivity index (χ0n) is 14.9. The molecule has 0 heterocycles. The summed E-state index contributed by atoms with van der Waals surface area (Å²) in [5.41, 5.74) is 2.35. The van der Waals surface area contributed by atoms with Crippen molar-refractivity contribution < 1.29 is 17.9 Å². The molecule has 0 saturated heterocycles. The molecule has 0 atom stereocenters. The van der Waals surface area contributed by atoms with E-state index in [-0.39, 0.29) is 5.97 Å². The van der Waals surface area contributed by atoms with Gasteiger partial charge in [0, 0.05) is 18.0 Å². The number of anilines is 1. The van der Waals surface area contributed by atoms with Crippen LogP contribution in [0.3, 0.4) is 0 Å². The van der Waals surface area contributed by atoms with Gasteiger partial charge in [-0.1, -0.05) is 24.6 Å². The molecule has 5 nitrogen and oxygen atoms in total. The van der Waals surface area contributed by atoms with Gasteiger partial charge in [-0.3, -0.25) is 0 Å². The van der Waals surface area contributed by atoms with Gasteiger partial charge in [0.1, 0.15) is 0 Å². The molecule has 0 radical (unpaired) electrons. The fraction of sp³-hybridized carbons (Fsp3) is 0.316. The first-order valence-corrected chi connectivity index (χ1v) is 11.4. The van der Waals surface area contributed by atoms with Gasteiger partial charge in [-0.2, -0.15) is 0 Å². The van der Waals surface area contributed by atoms with Crippen molar-refractivity contribution in [3.05, 3.63) is 59.7 Å². The Bertz CT molecular complexity index is 816. The monoisotopic (exact) mass is 393 g/mol. The first-order chi connectivity index (χ1) is 12.4. The molecule has 2 rings (SSSR count). The van der Waals surface area contributed by atoms with Crippen molar-refractivity contribution in [1.82, 2.24) is 0 Å². The normalized spacial score (nSPS) is 11.2. The Morgan fingerprint density at radius 1 is 1.08 bits per heavy atom. The lowest BCUT2D eigenvalue weighted by Gasteiger charge is -2.08. The molecule has 26 heavy (non-hydrogen) atoms. The van der Waals surface area contributed by atoms with Gasteiger partial charge in [0.2, 0.25) is 8.87 Å². The maximum absolute atomic E-state index is 12.2. The lowest BCUT2D eigenvalue weighted by Crippen LogP contribution is -2.08. The van der Waals surface area contributed by atoms with E-state index in [0.717, 1.165) is 28.5 Å². The molecule has 0 aliphatic carbocycles. The predicted molar refractivity (Wildman–Crippen MR) is 106 cm³/mol. The van der Waals surface area contributed by atoms with Crippen molar-refractivity contribution in [2.45, 2.75) is 25.2 Å². The zero-order valence-corrected chi connectivity index (χ0v) is 16.5. The topological polar surface area (TPSA) is 72.5 Å². The number of ether oxygens (including phenoxy) is 1. The second-order valence-corrected chi connectivity index (χ2v) is 9.78. The molecule has 140 valence electrons. The minimum atomic E-state index is -3.34. The second-order valence-electron chi connectivity index (χ2n) is 5.73. The summed E-state index contributed by atoms with van der Waals surface area (Å²) in [6.45, 7) is 4.76. The smallest absolute Gasteiger partial charge is 0.338 e. The van der Waals surface area contributed by atoms with E-state index in [9.17, 15) is 13.2 Å². The SMILES string of the molecule is CCCOC(=O)c1ccc(NCCSS(=O)(=O)c2ccc(C)cc2)cc1. The van der Waals surface area contributed by atoms with Crippen LogP contribution in [0.15, 0.2) is 53.4 Å². The van der Waals surface area contributed by atoms with Crippen LogP contribution in [0.25, 0.3) is 0 Å². The number of esters is 1. The van der Waals surface area contributed by atoms with Gasteiger partial charge in [-0.15, -0.1) is 0 Å². The van der Waals surface area contributed by atoms with E-state index in [1.807, 2.05) is 13.8 Å². The van der Waals surface area contributed by atoms with Crippen LogP contribution in [0.2, 0.25) is 0 Å². The number of rotatable bonds is 9. The highest BCUT2D eigenvalue weighted by Gasteiger charge is 2.14. The number of hydrogen-bond donors (Lipinski definition) is 1. The summed E-state index contributed by atoms with van der Waals surface area (Å²) < 4.78 is 29.6. The van der Waals surface area contributed by atoms with Crippen LogP contribution in [0.5, 0.6) is 0 Å². The van der Waals surface area contributed by atoms with E-state index < -0.39 is 8.87 Å². The summed E-state index contributed by atoms with van der Waals surface area (Å²) in [7, 11) is -2.43. The molecule has 0 spiro atoms. The predicted octanol–water partition coefficient (Wildman–Crippen LogP) is 4.10. The van der Waals surface area contributed by atoms with Gasteiger partial charge >= 0.3 is 5.97 Å². The van der Waals surface area contributed by atoms with Crippen molar-refractivity contribution in [2.75, 3.05) is 24.2 Å². The molecule has 2 aromatic carbocycles. The molecule has 0 bridgehead atoms. The van der Waals surface area contributed by atoms with Crippen molar-refractivity contribution in [1.29, 1.82) is 0 Å². The average molecular weight is 394 g/mol. The highest BCUT2D eigenvalue weighted by atomic mass is 33.1.